The monoisotopic (exact) mass is 541 g/mol. The lowest BCUT2D eigenvalue weighted by atomic mass is 10.0. The number of benzene rings is 2. The lowest BCUT2D eigenvalue weighted by Gasteiger charge is -2.33. The number of carbonyl (C=O) groups is 2. The first kappa shape index (κ1) is 25.5. The Morgan fingerprint density at radius 1 is 1.05 bits per heavy atom. The van der Waals surface area contributed by atoms with Crippen LogP contribution in [0.1, 0.15) is 31.7 Å². The van der Waals surface area contributed by atoms with Crippen LogP contribution in [0.25, 0.3) is 22.3 Å². The molecule has 6 rings (SSSR count). The van der Waals surface area contributed by atoms with E-state index in [9.17, 15) is 9.59 Å². The Kier molecular flexibility index (Phi) is 6.63. The van der Waals surface area contributed by atoms with Crippen LogP contribution in [0.3, 0.4) is 0 Å². The summed E-state index contributed by atoms with van der Waals surface area (Å²) >= 11 is 0. The third kappa shape index (κ3) is 4.97. The maximum absolute atomic E-state index is 15.5. The first-order chi connectivity index (χ1) is 19.4. The van der Waals surface area contributed by atoms with Gasteiger partial charge in [-0.1, -0.05) is 24.3 Å². The van der Waals surface area contributed by atoms with Crippen molar-refractivity contribution >= 4 is 28.7 Å². The van der Waals surface area contributed by atoms with Gasteiger partial charge in [0.05, 0.1) is 11.4 Å². The fraction of sp³-hybridized carbons (Fsp3) is 0.276. The van der Waals surface area contributed by atoms with E-state index >= 15 is 4.39 Å². The van der Waals surface area contributed by atoms with Crippen molar-refractivity contribution in [1.29, 1.82) is 0 Å². The number of carbonyl (C=O) groups excluding carboxylic acids is 2. The molecule has 2 aliphatic rings. The van der Waals surface area contributed by atoms with Crippen LogP contribution in [0, 0.1) is 11.7 Å². The van der Waals surface area contributed by atoms with Gasteiger partial charge in [-0.25, -0.2) is 19.0 Å². The lowest BCUT2D eigenvalue weighted by molar-refractivity contribution is -0.131. The van der Waals surface area contributed by atoms with E-state index in [1.807, 2.05) is 18.2 Å². The van der Waals surface area contributed by atoms with E-state index in [1.165, 1.54) is 12.4 Å². The summed E-state index contributed by atoms with van der Waals surface area (Å²) in [6.07, 6.45) is 6.31. The van der Waals surface area contributed by atoms with Crippen LogP contribution in [0.15, 0.2) is 66.5 Å². The van der Waals surface area contributed by atoms with Gasteiger partial charge in [0.15, 0.2) is 5.65 Å². The minimum Gasteiger partial charge on any atom is -0.457 e. The van der Waals surface area contributed by atoms with Crippen molar-refractivity contribution in [2.75, 3.05) is 18.8 Å². The highest BCUT2D eigenvalue weighted by Crippen LogP contribution is 2.37. The first-order valence-corrected chi connectivity index (χ1v) is 13.2. The smallest absolute Gasteiger partial charge is 0.259 e. The van der Waals surface area contributed by atoms with Crippen LogP contribution >= 0.6 is 0 Å². The number of nitrogens with two attached hydrogens (primary N) is 2. The molecule has 2 fully saturated rings. The Hall–Kier alpha value is -4.80. The summed E-state index contributed by atoms with van der Waals surface area (Å²) in [5, 5.41) is 5.18. The average molecular weight is 542 g/mol. The summed E-state index contributed by atoms with van der Waals surface area (Å²) in [6, 6.07) is 13.4. The van der Waals surface area contributed by atoms with Crippen molar-refractivity contribution < 1.29 is 18.7 Å². The van der Waals surface area contributed by atoms with E-state index in [4.69, 9.17) is 21.3 Å². The molecule has 0 radical (unpaired) electrons. The SMILES string of the molecule is NC(=O)/C(=C/C1CC1)C(=O)N1CCC[C@H](n2nc(-c3ccc(Oc4ccccc4)cc3F)c3c(N)ncnc32)C1. The second kappa shape index (κ2) is 10.4. The summed E-state index contributed by atoms with van der Waals surface area (Å²) in [6.45, 7) is 0.784. The van der Waals surface area contributed by atoms with Gasteiger partial charge in [-0.05, 0) is 55.9 Å². The number of ether oxygens (including phenoxy) is 1. The Labute approximate surface area is 229 Å². The number of nitrogens with zero attached hydrogens (tertiary/aromatic N) is 5. The van der Waals surface area contributed by atoms with Crippen molar-refractivity contribution in [2.45, 2.75) is 31.7 Å². The van der Waals surface area contributed by atoms with Gasteiger partial charge >= 0.3 is 0 Å². The fourth-order valence-electron chi connectivity index (χ4n) is 5.08. The van der Waals surface area contributed by atoms with Gasteiger partial charge in [0.1, 0.15) is 40.7 Å². The first-order valence-electron chi connectivity index (χ1n) is 13.2. The topological polar surface area (TPSA) is 142 Å². The number of primary amides is 1. The van der Waals surface area contributed by atoms with Crippen LogP contribution in [0.5, 0.6) is 11.5 Å². The van der Waals surface area contributed by atoms with E-state index in [0.717, 1.165) is 12.8 Å². The van der Waals surface area contributed by atoms with Crippen LogP contribution in [-0.2, 0) is 9.59 Å². The highest BCUT2D eigenvalue weighted by Gasteiger charge is 2.33. The molecule has 4 aromatic rings. The van der Waals surface area contributed by atoms with Gasteiger partial charge in [-0.2, -0.15) is 5.10 Å². The molecule has 4 N–H and O–H groups in total. The van der Waals surface area contributed by atoms with Crippen molar-refractivity contribution in [3.05, 3.63) is 72.3 Å². The van der Waals surface area contributed by atoms with Gasteiger partial charge in [0.2, 0.25) is 0 Å². The molecule has 3 heterocycles. The van der Waals surface area contributed by atoms with E-state index in [0.29, 0.717) is 54.2 Å². The molecule has 1 aliphatic carbocycles. The van der Waals surface area contributed by atoms with Crippen molar-refractivity contribution in [3.63, 3.8) is 0 Å². The maximum atomic E-state index is 15.5. The zero-order valence-electron chi connectivity index (χ0n) is 21.7. The molecule has 1 aliphatic heterocycles. The van der Waals surface area contributed by atoms with E-state index in [-0.39, 0.29) is 34.8 Å². The Morgan fingerprint density at radius 2 is 1.85 bits per heavy atom. The average Bonchev–Trinajstić information content (AvgIpc) is 3.70. The number of piperidine rings is 1. The number of allylic oxidation sites excluding steroid dienone is 1. The fourth-order valence-corrected chi connectivity index (χ4v) is 5.08. The minimum atomic E-state index is -0.721. The number of hydrogen-bond acceptors (Lipinski definition) is 7. The summed E-state index contributed by atoms with van der Waals surface area (Å²) in [4.78, 5) is 35.5. The van der Waals surface area contributed by atoms with Gasteiger partial charge in [0.25, 0.3) is 11.8 Å². The molecule has 204 valence electrons. The van der Waals surface area contributed by atoms with E-state index < -0.39 is 11.7 Å². The third-order valence-corrected chi connectivity index (χ3v) is 7.24. The third-order valence-electron chi connectivity index (χ3n) is 7.24. The molecule has 10 nitrogen and oxygen atoms in total. The Bertz CT molecular complexity index is 1630. The molecule has 0 unspecified atom stereocenters. The molecule has 40 heavy (non-hydrogen) atoms. The summed E-state index contributed by atoms with van der Waals surface area (Å²) < 4.78 is 22.9. The number of fused-ring (bicyclic) bond motifs is 1. The largest absolute Gasteiger partial charge is 0.457 e. The van der Waals surface area contributed by atoms with E-state index in [2.05, 4.69) is 9.97 Å². The summed E-state index contributed by atoms with van der Waals surface area (Å²) in [5.41, 5.74) is 12.8. The zero-order valence-corrected chi connectivity index (χ0v) is 21.7. The Balaban J connectivity index is 1.33. The molecule has 11 heteroatoms. The number of aromatic nitrogens is 4. The molecule has 1 saturated heterocycles. The maximum Gasteiger partial charge on any atom is 0.259 e. The predicted octanol–water partition coefficient (Wildman–Crippen LogP) is 3.99. The Morgan fingerprint density at radius 3 is 2.58 bits per heavy atom. The van der Waals surface area contributed by atoms with Gasteiger partial charge in [0, 0.05) is 24.7 Å². The molecule has 0 spiro atoms. The number of para-hydroxylation sites is 1. The number of nitrogen functional groups attached to an aromatic ring is 1. The van der Waals surface area contributed by atoms with Gasteiger partial charge in [-0.15, -0.1) is 0 Å². The number of likely N-dealkylation sites (tertiary alicyclic amines) is 1. The van der Waals surface area contributed by atoms with E-state index in [1.54, 1.807) is 39.9 Å². The second-order valence-electron chi connectivity index (χ2n) is 10.1. The van der Waals surface area contributed by atoms with Crippen LogP contribution in [-0.4, -0.2) is 49.6 Å². The molecule has 1 atom stereocenters. The number of amides is 2. The van der Waals surface area contributed by atoms with Crippen molar-refractivity contribution in [2.24, 2.45) is 11.7 Å². The molecule has 0 bridgehead atoms. The highest BCUT2D eigenvalue weighted by atomic mass is 19.1. The second-order valence-corrected chi connectivity index (χ2v) is 10.1. The molecular weight excluding hydrogens is 513 g/mol. The highest BCUT2D eigenvalue weighted by molar-refractivity contribution is 6.17. The number of rotatable bonds is 7. The summed E-state index contributed by atoms with van der Waals surface area (Å²) in [7, 11) is 0. The standard InChI is InChI=1S/C29H28FN7O3/c30-23-14-20(40-19-6-2-1-3-7-19)10-11-21(23)25-24-26(31)33-16-34-28(24)37(35-25)18-5-4-12-36(15-18)29(39)22(27(32)38)13-17-8-9-17/h1-3,6-7,10-11,13-14,16-18H,4-5,8-9,12,15H2,(H2,32,38)(H2,31,33,34)/b22-13-/t18-/m0/s1. The normalized spacial score (nSPS) is 17.7. The van der Waals surface area contributed by atoms with Gasteiger partial charge in [-0.3, -0.25) is 9.59 Å². The number of hydrogen-bond donors (Lipinski definition) is 2. The molecule has 2 aromatic carbocycles. The number of anilines is 1. The molecule has 2 aromatic heterocycles. The lowest BCUT2D eigenvalue weighted by Crippen LogP contribution is -2.43. The van der Waals surface area contributed by atoms with Crippen LogP contribution in [0.4, 0.5) is 10.2 Å². The van der Waals surface area contributed by atoms with Crippen LogP contribution in [0.2, 0.25) is 0 Å². The zero-order chi connectivity index (χ0) is 27.8. The van der Waals surface area contributed by atoms with Crippen LogP contribution < -0.4 is 16.2 Å². The number of halogens is 1. The van der Waals surface area contributed by atoms with Gasteiger partial charge < -0.3 is 21.1 Å². The van der Waals surface area contributed by atoms with Crippen molar-refractivity contribution in [1.82, 2.24) is 24.6 Å². The minimum absolute atomic E-state index is 0.0283. The quantitative estimate of drug-likeness (QED) is 0.205. The van der Waals surface area contributed by atoms with Crippen molar-refractivity contribution in [3.8, 4) is 22.8 Å². The molecule has 1 saturated carbocycles. The summed E-state index contributed by atoms with van der Waals surface area (Å²) in [5.74, 6) is -0.321. The molecule has 2 amide bonds. The predicted molar refractivity (Wildman–Crippen MR) is 146 cm³/mol. The molecular formula is C29H28FN7O3.